The molecule has 234 valence electrons. The Morgan fingerprint density at radius 3 is 2.14 bits per heavy atom. The van der Waals surface area contributed by atoms with Crippen LogP contribution < -0.4 is 14.2 Å². The Hall–Kier alpha value is -3.83. The number of aliphatic carboxylic acids is 1. The van der Waals surface area contributed by atoms with E-state index in [-0.39, 0.29) is 64.5 Å². The number of benzene rings is 2. The first-order valence-electron chi connectivity index (χ1n) is 14.3. The highest BCUT2D eigenvalue weighted by atomic mass is 32.1. The normalized spacial score (nSPS) is 12.7. The predicted molar refractivity (Wildman–Crippen MR) is 170 cm³/mol. The minimum Gasteiger partial charge on any atom is -0.493 e. The van der Waals surface area contributed by atoms with Gasteiger partial charge in [0.1, 0.15) is 11.5 Å². The summed E-state index contributed by atoms with van der Waals surface area (Å²) < 4.78 is 34.2. The highest BCUT2D eigenvalue weighted by Gasteiger charge is 2.23. The Morgan fingerprint density at radius 2 is 1.50 bits per heavy atom. The van der Waals surface area contributed by atoms with Gasteiger partial charge in [0.15, 0.2) is 28.9 Å². The summed E-state index contributed by atoms with van der Waals surface area (Å²) in [6, 6.07) is 8.81. The van der Waals surface area contributed by atoms with Gasteiger partial charge in [-0.1, -0.05) is 20.8 Å². The second kappa shape index (κ2) is 14.3. The molecule has 2 atom stereocenters. The molecule has 8 nitrogen and oxygen atoms in total. The van der Waals surface area contributed by atoms with Gasteiger partial charge >= 0.3 is 5.97 Å². The average molecular weight is 643 g/mol. The third-order valence-electron chi connectivity index (χ3n) is 7.42. The van der Waals surface area contributed by atoms with E-state index in [1.54, 1.807) is 13.0 Å². The Morgan fingerprint density at radius 1 is 0.864 bits per heavy atom. The highest BCUT2D eigenvalue weighted by molar-refractivity contribution is 7.21. The standard InChI is InChI=1S/C33H35FO8S2/c1-6-20-13-27-21(14-29(43-27)23(36)10-17(2)19(4)35)12-25(20)41-8-7-9-42-32-26(40-5)16-28-22(31(32)34)15-30(44-28)24(37)11-18(3)33(38)39/h12-18H,6-11H2,1-5H3,(H,38,39)/t17-,18-/m0/s1. The van der Waals surface area contributed by atoms with Crippen molar-refractivity contribution in [3.8, 4) is 17.2 Å². The van der Waals surface area contributed by atoms with Crippen LogP contribution in [0.4, 0.5) is 4.39 Å². The number of ether oxygens (including phenoxy) is 3. The van der Waals surface area contributed by atoms with Crippen LogP contribution in [0, 0.1) is 17.7 Å². The Kier molecular flexibility index (Phi) is 10.7. The molecule has 4 aromatic rings. The number of ketones is 3. The third-order valence-corrected chi connectivity index (χ3v) is 9.69. The quantitative estimate of drug-likeness (QED) is 0.0974. The Balaban J connectivity index is 1.41. The minimum atomic E-state index is -1.07. The number of hydrogen-bond donors (Lipinski definition) is 1. The molecule has 0 aliphatic heterocycles. The summed E-state index contributed by atoms with van der Waals surface area (Å²) in [4.78, 5) is 48.9. The molecule has 0 bridgehead atoms. The lowest BCUT2D eigenvalue weighted by atomic mass is 10.00. The molecule has 2 heterocycles. The Bertz CT molecular complexity index is 1720. The van der Waals surface area contributed by atoms with Crippen molar-refractivity contribution in [2.75, 3.05) is 20.3 Å². The van der Waals surface area contributed by atoms with Crippen LogP contribution in [0.1, 0.15) is 71.9 Å². The van der Waals surface area contributed by atoms with Gasteiger partial charge in [-0.05, 0) is 48.6 Å². The fourth-order valence-electron chi connectivity index (χ4n) is 4.58. The summed E-state index contributed by atoms with van der Waals surface area (Å²) in [7, 11) is 1.40. The van der Waals surface area contributed by atoms with E-state index in [1.165, 1.54) is 38.4 Å². The summed E-state index contributed by atoms with van der Waals surface area (Å²) in [5, 5.41) is 10.2. The zero-order chi connectivity index (χ0) is 32.1. The maximum Gasteiger partial charge on any atom is 0.306 e. The first kappa shape index (κ1) is 33.1. The van der Waals surface area contributed by atoms with Gasteiger partial charge in [-0.15, -0.1) is 22.7 Å². The molecule has 44 heavy (non-hydrogen) atoms. The number of rotatable bonds is 16. The lowest BCUT2D eigenvalue weighted by molar-refractivity contribution is -0.141. The summed E-state index contributed by atoms with van der Waals surface area (Å²) in [5.41, 5.74) is 0.995. The molecule has 4 rings (SSSR count). The van der Waals surface area contributed by atoms with Crippen molar-refractivity contribution < 1.29 is 42.9 Å². The lowest BCUT2D eigenvalue weighted by Crippen LogP contribution is -2.13. The minimum absolute atomic E-state index is 0.00845. The van der Waals surface area contributed by atoms with Gasteiger partial charge in [0.05, 0.1) is 36.0 Å². The highest BCUT2D eigenvalue weighted by Crippen LogP contribution is 2.40. The van der Waals surface area contributed by atoms with Gasteiger partial charge in [0.25, 0.3) is 0 Å². The molecule has 0 saturated carbocycles. The van der Waals surface area contributed by atoms with Crippen molar-refractivity contribution in [3.05, 3.63) is 51.5 Å². The molecule has 0 radical (unpaired) electrons. The second-order valence-electron chi connectivity index (χ2n) is 10.8. The monoisotopic (exact) mass is 642 g/mol. The van der Waals surface area contributed by atoms with Crippen LogP contribution in [0.3, 0.4) is 0 Å². The summed E-state index contributed by atoms with van der Waals surface area (Å²) in [6.07, 6.45) is 1.18. The van der Waals surface area contributed by atoms with Crippen LogP contribution in [-0.4, -0.2) is 48.7 Å². The molecular formula is C33H35FO8S2. The van der Waals surface area contributed by atoms with Crippen molar-refractivity contribution in [2.45, 2.75) is 53.4 Å². The molecule has 2 aromatic carbocycles. The van der Waals surface area contributed by atoms with E-state index in [0.29, 0.717) is 28.4 Å². The lowest BCUT2D eigenvalue weighted by Gasteiger charge is -2.14. The molecule has 0 aliphatic rings. The molecular weight excluding hydrogens is 607 g/mol. The average Bonchev–Trinajstić information content (AvgIpc) is 3.61. The maximum atomic E-state index is 15.5. The first-order valence-corrected chi connectivity index (χ1v) is 16.0. The molecule has 11 heteroatoms. The van der Waals surface area contributed by atoms with Gasteiger partial charge in [-0.3, -0.25) is 19.2 Å². The SMILES string of the molecule is CCc1cc2sc(C(=O)C[C@H](C)C(C)=O)cc2cc1OCCCOc1c(OC)cc2sc(C(=O)C[C@H](C)C(=O)O)cc2c1F. The molecule has 0 unspecified atom stereocenters. The van der Waals surface area contributed by atoms with E-state index in [1.807, 2.05) is 25.1 Å². The summed E-state index contributed by atoms with van der Waals surface area (Å²) >= 11 is 2.50. The van der Waals surface area contributed by atoms with Crippen molar-refractivity contribution in [1.82, 2.24) is 0 Å². The number of carboxylic acids is 1. The first-order chi connectivity index (χ1) is 20.9. The molecule has 0 aliphatic carbocycles. The number of halogens is 1. The van der Waals surface area contributed by atoms with Gasteiger partial charge in [0, 0.05) is 46.0 Å². The molecule has 2 aromatic heterocycles. The van der Waals surface area contributed by atoms with Crippen LogP contribution in [0.25, 0.3) is 20.2 Å². The molecule has 0 spiro atoms. The number of fused-ring (bicyclic) bond motifs is 2. The largest absolute Gasteiger partial charge is 0.493 e. The van der Waals surface area contributed by atoms with E-state index in [9.17, 15) is 19.2 Å². The number of carboxylic acid groups (broad SMARTS) is 1. The van der Waals surface area contributed by atoms with Gasteiger partial charge in [-0.2, -0.15) is 0 Å². The molecule has 0 fully saturated rings. The number of methoxy groups -OCH3 is 1. The number of carbonyl (C=O) groups excluding carboxylic acids is 3. The topological polar surface area (TPSA) is 116 Å². The Labute approximate surface area is 262 Å². The van der Waals surface area contributed by atoms with Crippen molar-refractivity contribution in [2.24, 2.45) is 11.8 Å². The van der Waals surface area contributed by atoms with Crippen molar-refractivity contribution in [3.63, 3.8) is 0 Å². The van der Waals surface area contributed by atoms with E-state index >= 15 is 4.39 Å². The van der Waals surface area contributed by atoms with E-state index in [4.69, 9.17) is 19.3 Å². The molecule has 0 saturated heterocycles. The van der Waals surface area contributed by atoms with E-state index in [2.05, 4.69) is 0 Å². The van der Waals surface area contributed by atoms with Crippen molar-refractivity contribution >= 4 is 66.2 Å². The van der Waals surface area contributed by atoms with Crippen LogP contribution in [-0.2, 0) is 16.0 Å². The number of Topliss-reactive ketones (excluding diaryl/α,β-unsaturated/α-hetero) is 3. The zero-order valence-electron chi connectivity index (χ0n) is 25.3. The predicted octanol–water partition coefficient (Wildman–Crippen LogP) is 7.77. The maximum absolute atomic E-state index is 15.5. The van der Waals surface area contributed by atoms with Crippen LogP contribution in [0.15, 0.2) is 30.3 Å². The number of hydrogen-bond acceptors (Lipinski definition) is 9. The van der Waals surface area contributed by atoms with Crippen LogP contribution in [0.2, 0.25) is 0 Å². The molecule has 0 amide bonds. The number of thiophene rings is 2. The second-order valence-corrected chi connectivity index (χ2v) is 12.9. The smallest absolute Gasteiger partial charge is 0.306 e. The number of carbonyl (C=O) groups is 4. The number of aryl methyl sites for hydroxylation is 1. The van der Waals surface area contributed by atoms with E-state index < -0.39 is 17.7 Å². The third kappa shape index (κ3) is 7.44. The van der Waals surface area contributed by atoms with Crippen molar-refractivity contribution in [1.29, 1.82) is 0 Å². The van der Waals surface area contributed by atoms with Gasteiger partial charge in [-0.25, -0.2) is 4.39 Å². The zero-order valence-corrected chi connectivity index (χ0v) is 26.9. The van der Waals surface area contributed by atoms with Gasteiger partial charge < -0.3 is 19.3 Å². The van der Waals surface area contributed by atoms with E-state index in [0.717, 1.165) is 33.4 Å². The fourth-order valence-corrected chi connectivity index (χ4v) is 6.67. The van der Waals surface area contributed by atoms with Crippen LogP contribution >= 0.6 is 22.7 Å². The van der Waals surface area contributed by atoms with Crippen LogP contribution in [0.5, 0.6) is 17.2 Å². The molecule has 1 N–H and O–H groups in total. The summed E-state index contributed by atoms with van der Waals surface area (Å²) in [6.45, 7) is 7.17. The summed E-state index contributed by atoms with van der Waals surface area (Å²) in [5.74, 6) is -2.48. The van der Waals surface area contributed by atoms with Gasteiger partial charge in [0.2, 0.25) is 0 Å². The fraction of sp³-hybridized carbons (Fsp3) is 0.394.